The van der Waals surface area contributed by atoms with Crippen molar-refractivity contribution in [2.24, 2.45) is 0 Å². The molecule has 0 fully saturated rings. The normalized spacial score (nSPS) is 12.6. The topological polar surface area (TPSA) is 34.6 Å². The van der Waals surface area contributed by atoms with Crippen LogP contribution >= 0.6 is 11.3 Å². The first-order chi connectivity index (χ1) is 12.4. The van der Waals surface area contributed by atoms with Crippen molar-refractivity contribution in [1.29, 1.82) is 0 Å². The van der Waals surface area contributed by atoms with Gasteiger partial charge >= 0.3 is 5.82 Å². The fraction of sp³-hybridized carbons (Fsp3) is 0.0500. The number of hydrogen-bond donors (Lipinski definition) is 0. The van der Waals surface area contributed by atoms with Crippen LogP contribution in [0.5, 0.6) is 0 Å². The van der Waals surface area contributed by atoms with Gasteiger partial charge < -0.3 is 0 Å². The molecular formula is C20H13N4S+. The maximum atomic E-state index is 4.69. The van der Waals surface area contributed by atoms with Gasteiger partial charge in [0.05, 0.1) is 4.70 Å². The smallest absolute Gasteiger partial charge is 0.263 e. The van der Waals surface area contributed by atoms with E-state index >= 15 is 0 Å². The maximum Gasteiger partial charge on any atom is 0.315 e. The average molecular weight is 341 g/mol. The molecule has 0 unspecified atom stereocenters. The first kappa shape index (κ1) is 13.3. The monoisotopic (exact) mass is 341 g/mol. The van der Waals surface area contributed by atoms with E-state index in [-0.39, 0.29) is 0 Å². The predicted octanol–water partition coefficient (Wildman–Crippen LogP) is 3.95. The molecule has 1 aliphatic heterocycles. The molecule has 5 aromatic rings. The lowest BCUT2D eigenvalue weighted by Gasteiger charge is -2.00. The summed E-state index contributed by atoms with van der Waals surface area (Å²) >= 11 is 1.79. The third-order valence-electron chi connectivity index (χ3n) is 4.84. The summed E-state index contributed by atoms with van der Waals surface area (Å²) in [6.07, 6.45) is 5.72. The van der Waals surface area contributed by atoms with Crippen molar-refractivity contribution in [2.45, 2.75) is 6.54 Å². The number of rotatable bonds is 1. The number of fused-ring (bicyclic) bond motifs is 7. The Hall–Kier alpha value is -3.05. The van der Waals surface area contributed by atoms with Crippen molar-refractivity contribution < 1.29 is 4.57 Å². The summed E-state index contributed by atoms with van der Waals surface area (Å²) in [7, 11) is 0. The number of para-hydroxylation sites is 1. The fourth-order valence-corrected chi connectivity index (χ4v) is 5.00. The number of nitrogens with zero attached hydrogens (tertiary/aromatic N) is 4. The zero-order valence-corrected chi connectivity index (χ0v) is 14.1. The Labute approximate surface area is 147 Å². The molecule has 4 nitrogen and oxygen atoms in total. The summed E-state index contributed by atoms with van der Waals surface area (Å²) in [6, 6.07) is 16.8. The quantitative estimate of drug-likeness (QED) is 0.424. The number of aromatic nitrogens is 4. The summed E-state index contributed by atoms with van der Waals surface area (Å²) in [5.41, 5.74) is 4.80. The second kappa shape index (κ2) is 4.74. The van der Waals surface area contributed by atoms with Crippen LogP contribution in [-0.4, -0.2) is 14.5 Å². The van der Waals surface area contributed by atoms with Crippen molar-refractivity contribution in [3.05, 3.63) is 72.7 Å². The molecule has 118 valence electrons. The van der Waals surface area contributed by atoms with Gasteiger partial charge in [0.1, 0.15) is 12.2 Å². The minimum atomic E-state index is 0.864. The highest BCUT2D eigenvalue weighted by molar-refractivity contribution is 7.25. The first-order valence-electron chi connectivity index (χ1n) is 8.22. The highest BCUT2D eigenvalue weighted by Crippen LogP contribution is 2.39. The number of thiophene rings is 1. The van der Waals surface area contributed by atoms with E-state index in [4.69, 9.17) is 4.98 Å². The van der Waals surface area contributed by atoms with Gasteiger partial charge in [0, 0.05) is 29.5 Å². The third-order valence-corrected chi connectivity index (χ3v) is 5.95. The molecule has 0 radical (unpaired) electrons. The highest BCUT2D eigenvalue weighted by Gasteiger charge is 2.37. The summed E-state index contributed by atoms with van der Waals surface area (Å²) in [5, 5.41) is 1.26. The zero-order chi connectivity index (χ0) is 16.4. The molecule has 0 amide bonds. The van der Waals surface area contributed by atoms with Gasteiger partial charge in [0.15, 0.2) is 11.2 Å². The largest absolute Gasteiger partial charge is 0.315 e. The van der Waals surface area contributed by atoms with Crippen LogP contribution in [-0.2, 0) is 6.54 Å². The van der Waals surface area contributed by atoms with Crippen LogP contribution in [0.1, 0.15) is 5.56 Å². The molecule has 4 aromatic heterocycles. The van der Waals surface area contributed by atoms with E-state index < -0.39 is 0 Å². The number of benzene rings is 1. The van der Waals surface area contributed by atoms with Crippen LogP contribution in [0.3, 0.4) is 0 Å². The van der Waals surface area contributed by atoms with E-state index in [0.29, 0.717) is 0 Å². The van der Waals surface area contributed by atoms with Crippen LogP contribution in [0.2, 0.25) is 0 Å². The molecule has 0 spiro atoms. The maximum absolute atomic E-state index is 4.69. The Balaban J connectivity index is 1.83. The van der Waals surface area contributed by atoms with E-state index in [0.717, 1.165) is 12.2 Å². The van der Waals surface area contributed by atoms with Gasteiger partial charge in [-0.2, -0.15) is 4.57 Å². The molecule has 0 saturated heterocycles. The van der Waals surface area contributed by atoms with Gasteiger partial charge in [-0.1, -0.05) is 35.6 Å². The van der Waals surface area contributed by atoms with Crippen molar-refractivity contribution in [3.63, 3.8) is 0 Å². The van der Waals surface area contributed by atoms with E-state index in [9.17, 15) is 0 Å². The lowest BCUT2D eigenvalue weighted by molar-refractivity contribution is -0.645. The van der Waals surface area contributed by atoms with Crippen molar-refractivity contribution in [2.75, 3.05) is 0 Å². The van der Waals surface area contributed by atoms with Crippen LogP contribution in [0.25, 0.3) is 37.6 Å². The number of imidazole rings is 1. The van der Waals surface area contributed by atoms with Crippen molar-refractivity contribution in [1.82, 2.24) is 14.5 Å². The molecule has 6 rings (SSSR count). The van der Waals surface area contributed by atoms with Gasteiger partial charge in [-0.25, -0.2) is 9.55 Å². The van der Waals surface area contributed by atoms with E-state index in [1.165, 1.54) is 37.5 Å². The Bertz CT molecular complexity index is 1270. The van der Waals surface area contributed by atoms with E-state index in [2.05, 4.69) is 56.6 Å². The van der Waals surface area contributed by atoms with Gasteiger partial charge in [-0.05, 0) is 24.3 Å². The fourth-order valence-electron chi connectivity index (χ4n) is 3.80. The van der Waals surface area contributed by atoms with Crippen LogP contribution in [0.4, 0.5) is 0 Å². The molecule has 0 aliphatic carbocycles. The number of pyridine rings is 2. The van der Waals surface area contributed by atoms with Gasteiger partial charge in [0.25, 0.3) is 0 Å². The molecule has 5 heterocycles. The van der Waals surface area contributed by atoms with Crippen molar-refractivity contribution >= 4 is 31.8 Å². The number of hydrogen-bond acceptors (Lipinski definition) is 3. The Morgan fingerprint density at radius 2 is 1.92 bits per heavy atom. The molecular weight excluding hydrogens is 328 g/mol. The van der Waals surface area contributed by atoms with Crippen LogP contribution in [0.15, 0.2) is 67.1 Å². The molecule has 0 saturated carbocycles. The minimum absolute atomic E-state index is 0.864. The SMILES string of the molecule is c1ccc(-n2c3[n+](c4c5ccncc5sc42)Cc2cccnc2-3)cc1. The second-order valence-corrected chi connectivity index (χ2v) is 7.25. The highest BCUT2D eigenvalue weighted by atomic mass is 32.1. The molecule has 1 aromatic carbocycles. The lowest BCUT2D eigenvalue weighted by atomic mass is 10.2. The Morgan fingerprint density at radius 3 is 2.84 bits per heavy atom. The minimum Gasteiger partial charge on any atom is -0.263 e. The van der Waals surface area contributed by atoms with Crippen LogP contribution < -0.4 is 4.57 Å². The molecule has 1 aliphatic rings. The zero-order valence-electron chi connectivity index (χ0n) is 13.3. The standard InChI is InChI=1S/C20H13N4S/c1-2-6-14(7-3-1)24-19-17-13(5-4-9-22-17)12-23(19)18-15-8-10-21-11-16(15)25-20(18)24/h1-11H,12H2/q+1. The van der Waals surface area contributed by atoms with Crippen molar-refractivity contribution in [3.8, 4) is 17.2 Å². The molecule has 0 atom stereocenters. The van der Waals surface area contributed by atoms with E-state index in [1.807, 2.05) is 24.7 Å². The van der Waals surface area contributed by atoms with Gasteiger partial charge in [-0.15, -0.1) is 0 Å². The van der Waals surface area contributed by atoms with Gasteiger partial charge in [-0.3, -0.25) is 4.98 Å². The van der Waals surface area contributed by atoms with Crippen LogP contribution in [0, 0.1) is 0 Å². The molecule has 5 heteroatoms. The molecule has 25 heavy (non-hydrogen) atoms. The second-order valence-electron chi connectivity index (χ2n) is 6.22. The third kappa shape index (κ3) is 1.68. The average Bonchev–Trinajstić information content (AvgIpc) is 3.29. The summed E-state index contributed by atoms with van der Waals surface area (Å²) < 4.78 is 5.97. The van der Waals surface area contributed by atoms with Gasteiger partial charge in [0.2, 0.25) is 4.83 Å². The Morgan fingerprint density at radius 1 is 1.00 bits per heavy atom. The summed E-state index contributed by atoms with van der Waals surface area (Å²) in [6.45, 7) is 0.864. The summed E-state index contributed by atoms with van der Waals surface area (Å²) in [5.74, 6) is 1.17. The molecule has 0 bridgehead atoms. The first-order valence-corrected chi connectivity index (χ1v) is 9.04. The lowest BCUT2D eigenvalue weighted by Crippen LogP contribution is -2.31. The van der Waals surface area contributed by atoms with E-state index in [1.54, 1.807) is 11.3 Å². The predicted molar refractivity (Wildman–Crippen MR) is 99.0 cm³/mol. The molecule has 0 N–H and O–H groups in total. The Kier molecular flexibility index (Phi) is 2.51. The summed E-state index contributed by atoms with van der Waals surface area (Å²) in [4.78, 5) is 10.2.